The maximum Gasteiger partial charge on any atom is 0.250 e. The van der Waals surface area contributed by atoms with Crippen LogP contribution in [0.2, 0.25) is 0 Å². The van der Waals surface area contributed by atoms with Gasteiger partial charge in [-0.05, 0) is 54.8 Å². The Morgan fingerprint density at radius 2 is 1.86 bits per heavy atom. The van der Waals surface area contributed by atoms with Crippen LogP contribution in [-0.4, -0.2) is 35.7 Å². The minimum atomic E-state index is -1.46. The van der Waals surface area contributed by atoms with Crippen LogP contribution in [0.1, 0.15) is 21.5 Å². The quantitative estimate of drug-likeness (QED) is 0.0897. The fourth-order valence-electron chi connectivity index (χ4n) is 3.03. The van der Waals surface area contributed by atoms with Crippen LogP contribution in [0.15, 0.2) is 41.4 Å². The van der Waals surface area contributed by atoms with Crippen molar-refractivity contribution in [1.29, 1.82) is 0 Å². The number of anilines is 3. The van der Waals surface area contributed by atoms with Gasteiger partial charge in [0.15, 0.2) is 23.3 Å². The predicted octanol–water partition coefficient (Wildman–Crippen LogP) is 4.77. The number of nitrogens with two attached hydrogens (primary N) is 1. The van der Waals surface area contributed by atoms with E-state index in [4.69, 9.17) is 10.0 Å². The maximum atomic E-state index is 15.1. The van der Waals surface area contributed by atoms with Gasteiger partial charge in [-0.2, -0.15) is 8.70 Å². The van der Waals surface area contributed by atoms with E-state index in [0.29, 0.717) is 4.90 Å². The van der Waals surface area contributed by atoms with E-state index in [2.05, 4.69) is 21.2 Å². The highest BCUT2D eigenvalue weighted by molar-refractivity contribution is 7.98. The molecular weight excluding hydrogens is 520 g/mol. The smallest absolute Gasteiger partial charge is 0.250 e. The zero-order chi connectivity index (χ0) is 26.4. The van der Waals surface area contributed by atoms with E-state index < -0.39 is 46.8 Å². The number of aromatic nitrogens is 1. The number of rotatable bonds is 11. The van der Waals surface area contributed by atoms with E-state index in [1.54, 1.807) is 26.4 Å². The fourth-order valence-corrected chi connectivity index (χ4v) is 3.76. The molecule has 0 saturated carbocycles. The first kappa shape index (κ1) is 27.5. The molecule has 8 nitrogen and oxygen atoms in total. The highest BCUT2D eigenvalue weighted by Gasteiger charge is 2.23. The summed E-state index contributed by atoms with van der Waals surface area (Å²) in [5.74, 6) is -5.79. The van der Waals surface area contributed by atoms with Crippen LogP contribution in [0.5, 0.6) is 0 Å². The number of hydrogen-bond acceptors (Lipinski definition) is 9. The second kappa shape index (κ2) is 12.3. The first-order valence-corrected chi connectivity index (χ1v) is 12.1. The molecule has 1 aromatic heterocycles. The van der Waals surface area contributed by atoms with Gasteiger partial charge in [-0.15, -0.1) is 11.8 Å². The van der Waals surface area contributed by atoms with Crippen LogP contribution >= 0.6 is 24.0 Å². The molecule has 0 fully saturated rings. The van der Waals surface area contributed by atoms with E-state index in [9.17, 15) is 13.6 Å². The van der Waals surface area contributed by atoms with Crippen molar-refractivity contribution in [3.05, 3.63) is 76.5 Å². The third-order valence-corrected chi connectivity index (χ3v) is 6.23. The Balaban J connectivity index is 1.92. The summed E-state index contributed by atoms with van der Waals surface area (Å²) in [7, 11) is 3.29. The SMILES string of the molecule is CNN(C)SONc1nccc(Cc2cc(C(N)=O)c(Nc3ccc(SC)cc3F)c(F)c2F)c1F. The van der Waals surface area contributed by atoms with Crippen molar-refractivity contribution < 1.29 is 26.6 Å². The van der Waals surface area contributed by atoms with E-state index in [1.807, 2.05) is 0 Å². The van der Waals surface area contributed by atoms with Gasteiger partial charge in [0.25, 0.3) is 5.91 Å². The average Bonchev–Trinajstić information content (AvgIpc) is 2.86. The molecule has 0 atom stereocenters. The van der Waals surface area contributed by atoms with Crippen LogP contribution in [0, 0.1) is 23.3 Å². The lowest BCUT2D eigenvalue weighted by atomic mass is 10.00. The second-order valence-corrected chi connectivity index (χ2v) is 8.95. The van der Waals surface area contributed by atoms with Crippen LogP contribution in [0.4, 0.5) is 34.8 Å². The van der Waals surface area contributed by atoms with Crippen molar-refractivity contribution in [3.8, 4) is 0 Å². The molecule has 0 unspecified atom stereocenters. The molecule has 3 aromatic rings. The first-order chi connectivity index (χ1) is 17.2. The molecule has 1 amide bonds. The summed E-state index contributed by atoms with van der Waals surface area (Å²) in [5, 5.41) is 2.41. The summed E-state index contributed by atoms with van der Waals surface area (Å²) in [6.07, 6.45) is 2.56. The molecule has 36 heavy (non-hydrogen) atoms. The zero-order valence-corrected chi connectivity index (χ0v) is 20.9. The number of thioether (sulfide) groups is 1. The van der Waals surface area contributed by atoms with Crippen molar-refractivity contribution >= 4 is 47.1 Å². The summed E-state index contributed by atoms with van der Waals surface area (Å²) in [5.41, 5.74) is 8.80. The number of amides is 1. The van der Waals surface area contributed by atoms with Crippen molar-refractivity contribution in [2.24, 2.45) is 5.73 Å². The minimum absolute atomic E-state index is 0.0591. The molecule has 0 spiro atoms. The Morgan fingerprint density at radius 3 is 2.50 bits per heavy atom. The van der Waals surface area contributed by atoms with E-state index in [1.165, 1.54) is 40.6 Å². The lowest BCUT2D eigenvalue weighted by Gasteiger charge is -2.16. The van der Waals surface area contributed by atoms with Crippen molar-refractivity contribution in [2.75, 3.05) is 31.1 Å². The number of nitrogens with one attached hydrogen (secondary N) is 3. The van der Waals surface area contributed by atoms with Crippen molar-refractivity contribution in [2.45, 2.75) is 11.3 Å². The third-order valence-electron chi connectivity index (χ3n) is 4.94. The molecular formula is C22H22F4N6O2S2. The minimum Gasteiger partial charge on any atom is -0.366 e. The molecule has 14 heteroatoms. The third kappa shape index (κ3) is 6.39. The summed E-state index contributed by atoms with van der Waals surface area (Å²) < 4.78 is 65.9. The number of nitrogens with zero attached hydrogens (tertiary/aromatic N) is 2. The van der Waals surface area contributed by atoms with Crippen LogP contribution < -0.4 is 22.0 Å². The lowest BCUT2D eigenvalue weighted by Crippen LogP contribution is -2.24. The van der Waals surface area contributed by atoms with Crippen LogP contribution in [-0.2, 0) is 10.7 Å². The monoisotopic (exact) mass is 542 g/mol. The number of hydrazine groups is 1. The molecule has 0 aliphatic carbocycles. The molecule has 192 valence electrons. The van der Waals surface area contributed by atoms with Gasteiger partial charge in [-0.25, -0.2) is 33.5 Å². The first-order valence-electron chi connectivity index (χ1n) is 10.2. The van der Waals surface area contributed by atoms with E-state index in [-0.39, 0.29) is 22.6 Å². The fraction of sp³-hybridized carbons (Fsp3) is 0.182. The highest BCUT2D eigenvalue weighted by Crippen LogP contribution is 2.32. The summed E-state index contributed by atoms with van der Waals surface area (Å²) in [6.45, 7) is 0. The number of halogens is 4. The number of carbonyl (C=O) groups is 1. The number of pyridine rings is 1. The second-order valence-electron chi connectivity index (χ2n) is 7.21. The maximum absolute atomic E-state index is 15.1. The topological polar surface area (TPSA) is 105 Å². The Kier molecular flexibility index (Phi) is 9.39. The van der Waals surface area contributed by atoms with Crippen molar-refractivity contribution in [1.82, 2.24) is 14.8 Å². The highest BCUT2D eigenvalue weighted by atomic mass is 32.2. The molecule has 0 aliphatic heterocycles. The van der Waals surface area contributed by atoms with E-state index >= 15 is 8.78 Å². The molecule has 5 N–H and O–H groups in total. The Morgan fingerprint density at radius 1 is 1.11 bits per heavy atom. The van der Waals surface area contributed by atoms with Crippen molar-refractivity contribution in [3.63, 3.8) is 0 Å². The van der Waals surface area contributed by atoms with Gasteiger partial charge in [-0.1, -0.05) is 0 Å². The zero-order valence-electron chi connectivity index (χ0n) is 19.3. The summed E-state index contributed by atoms with van der Waals surface area (Å²) in [6, 6.07) is 6.37. The number of benzene rings is 2. The molecule has 1 heterocycles. The number of carbonyl (C=O) groups excluding carboxylic acids is 1. The Bertz CT molecular complexity index is 1270. The number of primary amides is 1. The average molecular weight is 543 g/mol. The van der Waals surface area contributed by atoms with Crippen LogP contribution in [0.25, 0.3) is 0 Å². The lowest BCUT2D eigenvalue weighted by molar-refractivity contribution is 0.100. The van der Waals surface area contributed by atoms with Gasteiger partial charge < -0.3 is 11.1 Å². The molecule has 3 rings (SSSR count). The van der Waals surface area contributed by atoms with Gasteiger partial charge in [0.1, 0.15) is 18.0 Å². The van der Waals surface area contributed by atoms with Gasteiger partial charge in [-0.3, -0.25) is 4.79 Å². The van der Waals surface area contributed by atoms with Gasteiger partial charge in [0.05, 0.1) is 16.9 Å². The van der Waals surface area contributed by atoms with Gasteiger partial charge in [0, 0.05) is 24.6 Å². The molecule has 0 radical (unpaired) electrons. The molecule has 2 aromatic carbocycles. The van der Waals surface area contributed by atoms with Gasteiger partial charge >= 0.3 is 0 Å². The molecule has 0 bridgehead atoms. The predicted molar refractivity (Wildman–Crippen MR) is 132 cm³/mol. The largest absolute Gasteiger partial charge is 0.366 e. The molecule has 0 aliphatic rings. The summed E-state index contributed by atoms with van der Waals surface area (Å²) in [4.78, 5) is 16.5. The van der Waals surface area contributed by atoms with Gasteiger partial charge in [0.2, 0.25) is 0 Å². The Labute approximate surface area is 213 Å². The van der Waals surface area contributed by atoms with Crippen LogP contribution in [0.3, 0.4) is 0 Å². The Hall–Kier alpha value is -3.04. The molecule has 0 saturated heterocycles. The normalized spacial score (nSPS) is 11.1. The number of hydrogen-bond donors (Lipinski definition) is 4. The summed E-state index contributed by atoms with van der Waals surface area (Å²) >= 11 is 2.11. The standard InChI is InChI=1S/C22H22F4N6O2S2/c1-28-32(2)36-34-31-22-18(25)11(6-7-29-22)8-12-9-14(21(27)33)20(19(26)17(12)24)30-16-5-4-13(35-3)10-15(16)23/h4-7,9-10,28,30H,8H2,1-3H3,(H2,27,33)(H,29,31). The van der Waals surface area contributed by atoms with E-state index in [0.717, 1.165) is 18.3 Å².